The minimum absolute atomic E-state index is 0.0300. The SMILES string of the molecule is CCCCC1CN(c2ccccc2)c2cc(SC)c(O/C=C(\F)C=O)cc2S(=O)(=O)N1C. The van der Waals surface area contributed by atoms with E-state index in [9.17, 15) is 17.6 Å². The standard InChI is InChI=1S/C23H27FN2O4S2/c1-4-5-9-19-14-26(18-10-7-6-8-11-18)20-12-22(31-3)21(30-16-17(24)15-27)13-23(20)32(28,29)25(19)2/h6-8,10-13,15-16,19H,4-5,9,14H2,1-3H3/b17-16-. The predicted octanol–water partition coefficient (Wildman–Crippen LogP) is 5.13. The zero-order valence-electron chi connectivity index (χ0n) is 18.3. The smallest absolute Gasteiger partial charge is 0.245 e. The average molecular weight is 479 g/mol. The summed E-state index contributed by atoms with van der Waals surface area (Å²) in [5.74, 6) is -0.914. The Bertz CT molecular complexity index is 1090. The molecule has 0 radical (unpaired) electrons. The van der Waals surface area contributed by atoms with E-state index in [1.54, 1.807) is 13.1 Å². The third-order valence-corrected chi connectivity index (χ3v) is 8.17. The molecule has 0 aliphatic carbocycles. The van der Waals surface area contributed by atoms with Crippen LogP contribution in [-0.2, 0) is 14.8 Å². The monoisotopic (exact) mass is 478 g/mol. The Morgan fingerprint density at radius 1 is 1.28 bits per heavy atom. The number of hydrogen-bond acceptors (Lipinski definition) is 6. The van der Waals surface area contributed by atoms with Gasteiger partial charge in [-0.15, -0.1) is 11.8 Å². The predicted molar refractivity (Wildman–Crippen MR) is 126 cm³/mol. The quantitative estimate of drug-likeness (QED) is 0.227. The maximum atomic E-state index is 13.6. The Balaban J connectivity index is 2.22. The molecule has 1 aliphatic heterocycles. The zero-order chi connectivity index (χ0) is 23.3. The lowest BCUT2D eigenvalue weighted by Crippen LogP contribution is -2.40. The molecule has 0 amide bonds. The Morgan fingerprint density at radius 2 is 2.00 bits per heavy atom. The fraction of sp³-hybridized carbons (Fsp3) is 0.348. The van der Waals surface area contributed by atoms with Crippen molar-refractivity contribution < 1.29 is 22.3 Å². The second kappa shape index (κ2) is 10.5. The van der Waals surface area contributed by atoms with Crippen LogP contribution in [0.4, 0.5) is 15.8 Å². The highest BCUT2D eigenvalue weighted by molar-refractivity contribution is 7.98. The Kier molecular flexibility index (Phi) is 7.97. The molecular weight excluding hydrogens is 451 g/mol. The number of carbonyl (C=O) groups is 1. The molecule has 1 heterocycles. The van der Waals surface area contributed by atoms with Crippen LogP contribution in [0.5, 0.6) is 5.75 Å². The van der Waals surface area contributed by atoms with E-state index in [2.05, 4.69) is 6.92 Å². The summed E-state index contributed by atoms with van der Waals surface area (Å²) in [6.07, 6.45) is 5.14. The van der Waals surface area contributed by atoms with E-state index < -0.39 is 15.9 Å². The van der Waals surface area contributed by atoms with Gasteiger partial charge in [0.1, 0.15) is 16.9 Å². The zero-order valence-corrected chi connectivity index (χ0v) is 20.0. The lowest BCUT2D eigenvalue weighted by Gasteiger charge is -2.29. The molecule has 3 rings (SSSR count). The van der Waals surface area contributed by atoms with Gasteiger partial charge in [0.25, 0.3) is 0 Å². The first-order valence-electron chi connectivity index (χ1n) is 10.3. The number of fused-ring (bicyclic) bond motifs is 1. The number of rotatable bonds is 8. The van der Waals surface area contributed by atoms with Crippen LogP contribution in [0.2, 0.25) is 0 Å². The second-order valence-corrected chi connectivity index (χ2v) is 10.3. The van der Waals surface area contributed by atoms with Gasteiger partial charge in [-0.25, -0.2) is 8.42 Å². The molecule has 0 bridgehead atoms. The van der Waals surface area contributed by atoms with Crippen molar-refractivity contribution in [2.45, 2.75) is 42.0 Å². The van der Waals surface area contributed by atoms with Crippen molar-refractivity contribution in [1.82, 2.24) is 4.31 Å². The van der Waals surface area contributed by atoms with Gasteiger partial charge in [-0.2, -0.15) is 8.70 Å². The van der Waals surface area contributed by atoms with Crippen LogP contribution >= 0.6 is 11.8 Å². The molecule has 0 N–H and O–H groups in total. The number of carbonyl (C=O) groups excluding carboxylic acids is 1. The van der Waals surface area contributed by atoms with E-state index in [0.717, 1.165) is 24.9 Å². The van der Waals surface area contributed by atoms with Crippen LogP contribution < -0.4 is 9.64 Å². The lowest BCUT2D eigenvalue weighted by molar-refractivity contribution is -0.106. The van der Waals surface area contributed by atoms with E-state index >= 15 is 0 Å². The minimum Gasteiger partial charge on any atom is -0.461 e. The topological polar surface area (TPSA) is 66.9 Å². The summed E-state index contributed by atoms with van der Waals surface area (Å²) in [5.41, 5.74) is 1.42. The number of sulfonamides is 1. The molecule has 6 nitrogen and oxygen atoms in total. The van der Waals surface area contributed by atoms with Gasteiger partial charge in [-0.3, -0.25) is 4.79 Å². The van der Waals surface area contributed by atoms with Crippen molar-refractivity contribution in [1.29, 1.82) is 0 Å². The first-order chi connectivity index (χ1) is 15.3. The van der Waals surface area contributed by atoms with Crippen LogP contribution in [0, 0.1) is 0 Å². The molecular formula is C23H27FN2O4S2. The number of hydrogen-bond donors (Lipinski definition) is 0. The van der Waals surface area contributed by atoms with Crippen LogP contribution in [-0.4, -0.2) is 44.9 Å². The summed E-state index contributed by atoms with van der Waals surface area (Å²) < 4.78 is 47.4. The Hall–Kier alpha value is -2.36. The highest BCUT2D eigenvalue weighted by Crippen LogP contribution is 2.43. The summed E-state index contributed by atoms with van der Waals surface area (Å²) in [6, 6.07) is 12.6. The van der Waals surface area contributed by atoms with Crippen LogP contribution in [0.1, 0.15) is 26.2 Å². The van der Waals surface area contributed by atoms with Crippen molar-refractivity contribution >= 4 is 39.4 Å². The maximum Gasteiger partial charge on any atom is 0.245 e. The number of halogens is 1. The maximum absolute atomic E-state index is 13.6. The fourth-order valence-corrected chi connectivity index (χ4v) is 5.79. The average Bonchev–Trinajstić information content (AvgIpc) is 2.89. The van der Waals surface area contributed by atoms with Gasteiger partial charge in [0.15, 0.2) is 12.1 Å². The van der Waals surface area contributed by atoms with Gasteiger partial charge in [0.2, 0.25) is 10.0 Å². The van der Waals surface area contributed by atoms with Gasteiger partial charge in [0, 0.05) is 31.4 Å². The van der Waals surface area contributed by atoms with Crippen LogP contribution in [0.15, 0.2) is 64.3 Å². The normalized spacial score (nSPS) is 18.7. The molecule has 0 saturated carbocycles. The van der Waals surface area contributed by atoms with E-state index in [1.165, 1.54) is 22.1 Å². The third-order valence-electron chi connectivity index (χ3n) is 5.47. The van der Waals surface area contributed by atoms with Gasteiger partial charge >= 0.3 is 0 Å². The van der Waals surface area contributed by atoms with E-state index in [4.69, 9.17) is 4.74 Å². The number of anilines is 2. The summed E-state index contributed by atoms with van der Waals surface area (Å²) >= 11 is 1.35. The number of nitrogens with zero attached hydrogens (tertiary/aromatic N) is 2. The number of allylic oxidation sites excluding steroid dienone is 1. The Morgan fingerprint density at radius 3 is 2.62 bits per heavy atom. The van der Waals surface area contributed by atoms with Gasteiger partial charge in [-0.05, 0) is 30.9 Å². The van der Waals surface area contributed by atoms with Gasteiger partial charge in [-0.1, -0.05) is 38.0 Å². The number of thioether (sulfide) groups is 1. The molecule has 2 aromatic rings. The van der Waals surface area contributed by atoms with Gasteiger partial charge < -0.3 is 9.64 Å². The lowest BCUT2D eigenvalue weighted by atomic mass is 10.1. The van der Waals surface area contributed by atoms with Crippen molar-refractivity contribution in [3.05, 3.63) is 54.6 Å². The molecule has 0 fully saturated rings. The molecule has 0 spiro atoms. The minimum atomic E-state index is -3.85. The van der Waals surface area contributed by atoms with Gasteiger partial charge in [0.05, 0.1) is 10.6 Å². The van der Waals surface area contributed by atoms with E-state index in [-0.39, 0.29) is 23.0 Å². The summed E-state index contributed by atoms with van der Waals surface area (Å²) in [6.45, 7) is 2.58. The molecule has 9 heteroatoms. The summed E-state index contributed by atoms with van der Waals surface area (Å²) in [7, 11) is -2.25. The largest absolute Gasteiger partial charge is 0.461 e. The van der Waals surface area contributed by atoms with E-state index in [0.29, 0.717) is 23.4 Å². The highest BCUT2D eigenvalue weighted by atomic mass is 32.2. The number of aldehydes is 1. The fourth-order valence-electron chi connectivity index (χ4n) is 3.69. The van der Waals surface area contributed by atoms with Crippen molar-refractivity contribution in [2.75, 3.05) is 24.7 Å². The van der Waals surface area contributed by atoms with E-state index in [1.807, 2.05) is 41.5 Å². The third kappa shape index (κ3) is 5.00. The molecule has 0 aromatic heterocycles. The molecule has 172 valence electrons. The Labute approximate surface area is 193 Å². The van der Waals surface area contributed by atoms with Crippen molar-refractivity contribution in [2.24, 2.45) is 0 Å². The molecule has 0 saturated heterocycles. The summed E-state index contributed by atoms with van der Waals surface area (Å²) in [4.78, 5) is 13.3. The first-order valence-corrected chi connectivity index (χ1v) is 13.0. The number of benzene rings is 2. The molecule has 1 atom stereocenters. The highest BCUT2D eigenvalue weighted by Gasteiger charge is 2.37. The molecule has 1 aliphatic rings. The molecule has 2 aromatic carbocycles. The van der Waals surface area contributed by atoms with Crippen LogP contribution in [0.25, 0.3) is 0 Å². The number of ether oxygens (including phenoxy) is 1. The molecule has 1 unspecified atom stereocenters. The first kappa shape index (κ1) is 24.3. The van der Waals surface area contributed by atoms with Crippen LogP contribution in [0.3, 0.4) is 0 Å². The van der Waals surface area contributed by atoms with Crippen molar-refractivity contribution in [3.63, 3.8) is 0 Å². The number of likely N-dealkylation sites (N-methyl/N-ethyl adjacent to an activating group) is 1. The van der Waals surface area contributed by atoms with Crippen molar-refractivity contribution in [3.8, 4) is 5.75 Å². The number of para-hydroxylation sites is 1. The molecule has 32 heavy (non-hydrogen) atoms. The second-order valence-electron chi connectivity index (χ2n) is 7.47. The number of unbranched alkanes of at least 4 members (excludes halogenated alkanes) is 1. The summed E-state index contributed by atoms with van der Waals surface area (Å²) in [5, 5.41) is 0.